The zero-order valence-electron chi connectivity index (χ0n) is 12.5. The topological polar surface area (TPSA) is 92.8 Å². The van der Waals surface area contributed by atoms with Crippen molar-refractivity contribution in [2.45, 2.75) is 17.7 Å². The molecule has 126 valence electrons. The monoisotopic (exact) mass is 360 g/mol. The van der Waals surface area contributed by atoms with E-state index in [0.29, 0.717) is 13.1 Å². The number of hydrogen-bond acceptors (Lipinski definition) is 5. The van der Waals surface area contributed by atoms with Gasteiger partial charge in [0.15, 0.2) is 6.61 Å². The van der Waals surface area contributed by atoms with Gasteiger partial charge in [-0.2, -0.15) is 4.31 Å². The van der Waals surface area contributed by atoms with Crippen molar-refractivity contribution in [1.82, 2.24) is 9.62 Å². The van der Waals surface area contributed by atoms with Crippen molar-refractivity contribution < 1.29 is 22.7 Å². The van der Waals surface area contributed by atoms with Crippen molar-refractivity contribution in [3.63, 3.8) is 0 Å². The first kappa shape index (κ1) is 17.7. The number of esters is 1. The molecule has 23 heavy (non-hydrogen) atoms. The highest BCUT2D eigenvalue weighted by Gasteiger charge is 2.28. The van der Waals surface area contributed by atoms with Crippen LogP contribution in [0.25, 0.3) is 0 Å². The van der Waals surface area contributed by atoms with Crippen LogP contribution in [-0.2, 0) is 19.6 Å². The predicted molar refractivity (Wildman–Crippen MR) is 83.8 cm³/mol. The third kappa shape index (κ3) is 4.01. The fourth-order valence-corrected chi connectivity index (χ4v) is 3.92. The highest BCUT2D eigenvalue weighted by atomic mass is 35.5. The molecule has 1 aliphatic heterocycles. The van der Waals surface area contributed by atoms with Crippen molar-refractivity contribution in [2.24, 2.45) is 0 Å². The van der Waals surface area contributed by atoms with Gasteiger partial charge in [0, 0.05) is 20.1 Å². The van der Waals surface area contributed by atoms with Crippen molar-refractivity contribution in [1.29, 1.82) is 0 Å². The summed E-state index contributed by atoms with van der Waals surface area (Å²) < 4.78 is 31.2. The van der Waals surface area contributed by atoms with Gasteiger partial charge >= 0.3 is 5.97 Å². The molecular weight excluding hydrogens is 344 g/mol. The van der Waals surface area contributed by atoms with Crippen LogP contribution in [0.1, 0.15) is 23.2 Å². The second-order valence-corrected chi connectivity index (χ2v) is 7.35. The van der Waals surface area contributed by atoms with E-state index in [9.17, 15) is 18.0 Å². The molecule has 1 saturated heterocycles. The van der Waals surface area contributed by atoms with Crippen molar-refractivity contribution in [2.75, 3.05) is 26.7 Å². The molecule has 1 aromatic rings. The molecule has 0 aliphatic carbocycles. The summed E-state index contributed by atoms with van der Waals surface area (Å²) in [5, 5.41) is 2.37. The molecule has 1 aromatic carbocycles. The summed E-state index contributed by atoms with van der Waals surface area (Å²) in [7, 11) is -2.25. The molecule has 2 rings (SSSR count). The Morgan fingerprint density at radius 1 is 1.30 bits per heavy atom. The van der Waals surface area contributed by atoms with E-state index < -0.39 is 28.5 Å². The van der Waals surface area contributed by atoms with Gasteiger partial charge < -0.3 is 10.1 Å². The summed E-state index contributed by atoms with van der Waals surface area (Å²) in [6.45, 7) is 0.456. The third-order valence-electron chi connectivity index (χ3n) is 3.47. The first-order valence-electron chi connectivity index (χ1n) is 7.03. The Morgan fingerprint density at radius 3 is 2.57 bits per heavy atom. The maximum atomic E-state index is 12.5. The SMILES string of the molecule is CNC(=O)COC(=O)c1cc(S(=O)(=O)N2CCCC2)ccc1Cl. The standard InChI is InChI=1S/C14H17ClN2O5S/c1-16-13(18)9-22-14(19)11-8-10(4-5-12(11)15)23(20,21)17-6-2-3-7-17/h4-5,8H,2-3,6-7,9H2,1H3,(H,16,18). The Morgan fingerprint density at radius 2 is 1.96 bits per heavy atom. The maximum absolute atomic E-state index is 12.5. The van der Waals surface area contributed by atoms with Crippen LogP contribution >= 0.6 is 11.6 Å². The average Bonchev–Trinajstić information content (AvgIpc) is 3.07. The number of carbonyl (C=O) groups is 2. The van der Waals surface area contributed by atoms with Crippen molar-refractivity contribution in [3.8, 4) is 0 Å². The highest BCUT2D eigenvalue weighted by Crippen LogP contribution is 2.25. The molecule has 7 nitrogen and oxygen atoms in total. The zero-order chi connectivity index (χ0) is 17.0. The Kier molecular flexibility index (Phi) is 5.61. The van der Waals surface area contributed by atoms with Crippen molar-refractivity contribution >= 4 is 33.5 Å². The van der Waals surface area contributed by atoms with Gasteiger partial charge in [0.2, 0.25) is 10.0 Å². The quantitative estimate of drug-likeness (QED) is 0.791. The van der Waals surface area contributed by atoms with Crippen LogP contribution in [0.15, 0.2) is 23.1 Å². The van der Waals surface area contributed by atoms with E-state index in [1.165, 1.54) is 29.6 Å². The van der Waals surface area contributed by atoms with E-state index in [4.69, 9.17) is 16.3 Å². The average molecular weight is 361 g/mol. The van der Waals surface area contributed by atoms with Gasteiger partial charge in [0.05, 0.1) is 15.5 Å². The summed E-state index contributed by atoms with van der Waals surface area (Å²) in [5.41, 5.74) is -0.0872. The molecule has 0 spiro atoms. The van der Waals surface area contributed by atoms with Crippen LogP contribution < -0.4 is 5.32 Å². The molecule has 0 atom stereocenters. The number of amides is 1. The molecule has 0 aromatic heterocycles. The number of benzene rings is 1. The van der Waals surface area contributed by atoms with Gasteiger partial charge in [-0.3, -0.25) is 4.79 Å². The zero-order valence-corrected chi connectivity index (χ0v) is 14.1. The first-order chi connectivity index (χ1) is 10.9. The van der Waals surface area contributed by atoms with E-state index in [-0.39, 0.29) is 15.5 Å². The number of rotatable bonds is 5. The van der Waals surface area contributed by atoms with Gasteiger partial charge in [0.25, 0.3) is 5.91 Å². The Balaban J connectivity index is 2.25. The number of nitrogens with one attached hydrogen (secondary N) is 1. The Hall–Kier alpha value is -1.64. The number of likely N-dealkylation sites (N-methyl/N-ethyl adjacent to an activating group) is 1. The van der Waals surface area contributed by atoms with Gasteiger partial charge in [-0.15, -0.1) is 0 Å². The lowest BCUT2D eigenvalue weighted by molar-refractivity contribution is -0.123. The molecular formula is C14H17ClN2O5S. The smallest absolute Gasteiger partial charge is 0.340 e. The number of halogens is 1. The lowest BCUT2D eigenvalue weighted by Crippen LogP contribution is -2.28. The number of ether oxygens (including phenoxy) is 1. The van der Waals surface area contributed by atoms with Gasteiger partial charge in [-0.1, -0.05) is 11.6 Å². The molecule has 1 N–H and O–H groups in total. The van der Waals surface area contributed by atoms with E-state index in [2.05, 4.69) is 5.32 Å². The lowest BCUT2D eigenvalue weighted by Gasteiger charge is -2.16. The van der Waals surface area contributed by atoms with Crippen LogP contribution in [0.4, 0.5) is 0 Å². The molecule has 1 heterocycles. The van der Waals surface area contributed by atoms with Crippen LogP contribution in [0, 0.1) is 0 Å². The fourth-order valence-electron chi connectivity index (χ4n) is 2.18. The van der Waals surface area contributed by atoms with Gasteiger partial charge in [-0.05, 0) is 31.0 Å². The first-order valence-corrected chi connectivity index (χ1v) is 8.85. The molecule has 0 unspecified atom stereocenters. The summed E-state index contributed by atoms with van der Waals surface area (Å²) in [4.78, 5) is 23.1. The molecule has 1 fully saturated rings. The minimum Gasteiger partial charge on any atom is -0.452 e. The third-order valence-corrected chi connectivity index (χ3v) is 5.70. The molecule has 0 bridgehead atoms. The second-order valence-electron chi connectivity index (χ2n) is 5.00. The number of hydrogen-bond donors (Lipinski definition) is 1. The lowest BCUT2D eigenvalue weighted by atomic mass is 10.2. The Bertz CT molecular complexity index is 714. The molecule has 1 amide bonds. The summed E-state index contributed by atoms with van der Waals surface area (Å²) in [6, 6.07) is 3.87. The van der Waals surface area contributed by atoms with E-state index in [1.807, 2.05) is 0 Å². The molecule has 0 saturated carbocycles. The normalized spacial score (nSPS) is 15.4. The molecule has 9 heteroatoms. The van der Waals surface area contributed by atoms with E-state index >= 15 is 0 Å². The summed E-state index contributed by atoms with van der Waals surface area (Å²) >= 11 is 5.94. The predicted octanol–water partition coefficient (Wildman–Crippen LogP) is 1.03. The van der Waals surface area contributed by atoms with Gasteiger partial charge in [0.1, 0.15) is 0 Å². The minimum atomic E-state index is -3.66. The second kappa shape index (κ2) is 7.29. The maximum Gasteiger partial charge on any atom is 0.340 e. The summed E-state index contributed by atoms with van der Waals surface area (Å²) in [5.74, 6) is -1.33. The number of sulfonamides is 1. The largest absolute Gasteiger partial charge is 0.452 e. The van der Waals surface area contributed by atoms with Crippen LogP contribution in [0.5, 0.6) is 0 Å². The minimum absolute atomic E-state index is 0.0179. The van der Waals surface area contributed by atoms with Crippen LogP contribution in [0.2, 0.25) is 5.02 Å². The molecule has 1 aliphatic rings. The van der Waals surface area contributed by atoms with E-state index in [0.717, 1.165) is 12.8 Å². The van der Waals surface area contributed by atoms with Crippen LogP contribution in [0.3, 0.4) is 0 Å². The summed E-state index contributed by atoms with van der Waals surface area (Å²) in [6.07, 6.45) is 1.63. The number of carbonyl (C=O) groups excluding carboxylic acids is 2. The van der Waals surface area contributed by atoms with Crippen LogP contribution in [-0.4, -0.2) is 51.3 Å². The Labute approximate surface area is 139 Å². The highest BCUT2D eigenvalue weighted by molar-refractivity contribution is 7.89. The number of nitrogens with zero attached hydrogens (tertiary/aromatic N) is 1. The molecule has 0 radical (unpaired) electrons. The van der Waals surface area contributed by atoms with Gasteiger partial charge in [-0.25, -0.2) is 13.2 Å². The van der Waals surface area contributed by atoms with E-state index in [1.54, 1.807) is 0 Å². The van der Waals surface area contributed by atoms with Crippen molar-refractivity contribution in [3.05, 3.63) is 28.8 Å². The fraction of sp³-hybridized carbons (Fsp3) is 0.429.